The highest BCUT2D eigenvalue weighted by Gasteiger charge is 2.27. The number of hydrogen-bond acceptors (Lipinski definition) is 6. The fraction of sp³-hybridized carbons (Fsp3) is 0.389. The van der Waals surface area contributed by atoms with E-state index in [2.05, 4.69) is 20.3 Å². The number of carbonyl (C=O) groups is 1. The number of aromatic nitrogens is 5. The first kappa shape index (κ1) is 19.3. The number of amides is 1. The second-order valence-corrected chi connectivity index (χ2v) is 7.39. The number of pyridine rings is 1. The van der Waals surface area contributed by atoms with Crippen molar-refractivity contribution in [1.29, 1.82) is 0 Å². The van der Waals surface area contributed by atoms with Crippen LogP contribution in [-0.4, -0.2) is 35.8 Å². The minimum atomic E-state index is -0.740. The van der Waals surface area contributed by atoms with Crippen molar-refractivity contribution in [2.75, 3.05) is 0 Å². The van der Waals surface area contributed by atoms with E-state index < -0.39 is 29.0 Å². The molecule has 10 heteroatoms. The van der Waals surface area contributed by atoms with Crippen LogP contribution >= 0.6 is 0 Å². The van der Waals surface area contributed by atoms with Gasteiger partial charge in [0.05, 0.1) is 0 Å². The van der Waals surface area contributed by atoms with Crippen molar-refractivity contribution in [3.63, 3.8) is 0 Å². The number of aryl methyl sites for hydroxylation is 2. The van der Waals surface area contributed by atoms with E-state index in [1.54, 1.807) is 56.9 Å². The third kappa shape index (κ3) is 3.66. The monoisotopic (exact) mass is 386 g/mol. The van der Waals surface area contributed by atoms with Gasteiger partial charge < -0.3 is 14.6 Å². The van der Waals surface area contributed by atoms with E-state index in [4.69, 9.17) is 4.74 Å². The topological polar surface area (TPSA) is 124 Å². The second-order valence-electron chi connectivity index (χ2n) is 7.39. The largest absolute Gasteiger partial charge is 0.444 e. The van der Waals surface area contributed by atoms with Crippen molar-refractivity contribution in [1.82, 2.24) is 29.4 Å². The molecule has 0 aromatic carbocycles. The lowest BCUT2D eigenvalue weighted by Crippen LogP contribution is -2.36. The third-order valence-electron chi connectivity index (χ3n) is 4.11. The molecular formula is C18H22N6O4. The number of fused-ring (bicyclic) bond motifs is 1. The molecule has 3 aromatic rings. The summed E-state index contributed by atoms with van der Waals surface area (Å²) in [5.74, 6) is 0.362. The van der Waals surface area contributed by atoms with Crippen LogP contribution in [0.4, 0.5) is 4.79 Å². The molecule has 0 aliphatic carbocycles. The van der Waals surface area contributed by atoms with Gasteiger partial charge in [0.25, 0.3) is 5.56 Å². The Bertz CT molecular complexity index is 1140. The zero-order valence-electron chi connectivity index (χ0n) is 16.3. The molecule has 0 bridgehead atoms. The summed E-state index contributed by atoms with van der Waals surface area (Å²) >= 11 is 0. The highest BCUT2D eigenvalue weighted by molar-refractivity contribution is 5.72. The van der Waals surface area contributed by atoms with Crippen molar-refractivity contribution >= 4 is 17.3 Å². The number of H-pyrrole nitrogens is 1. The van der Waals surface area contributed by atoms with Crippen LogP contribution in [0.5, 0.6) is 0 Å². The van der Waals surface area contributed by atoms with Gasteiger partial charge in [-0.15, -0.1) is 0 Å². The number of alkyl carbamates (subject to hydrolysis) is 1. The quantitative estimate of drug-likeness (QED) is 0.691. The van der Waals surface area contributed by atoms with Crippen LogP contribution in [0, 0.1) is 0 Å². The summed E-state index contributed by atoms with van der Waals surface area (Å²) in [5, 5.41) is 2.78. The molecular weight excluding hydrogens is 364 g/mol. The van der Waals surface area contributed by atoms with Crippen LogP contribution < -0.4 is 16.6 Å². The first-order valence-electron chi connectivity index (χ1n) is 8.63. The molecule has 10 nitrogen and oxygen atoms in total. The first-order chi connectivity index (χ1) is 13.1. The second kappa shape index (κ2) is 6.95. The standard InChI is InChI=1S/C18H22N6O4/c1-18(2,3)28-17(27)20-11(10-7-6-8-19-9-10)13-21-14-12(23(13)4)15(25)22-16(26)24(14)5/h6-9,11H,1-5H3,(H,20,27)(H,22,25,26). The molecule has 148 valence electrons. The Kier molecular flexibility index (Phi) is 4.80. The zero-order valence-corrected chi connectivity index (χ0v) is 16.3. The Morgan fingerprint density at radius 3 is 2.57 bits per heavy atom. The fourth-order valence-corrected chi connectivity index (χ4v) is 2.85. The summed E-state index contributed by atoms with van der Waals surface area (Å²) in [6.45, 7) is 5.28. The molecule has 28 heavy (non-hydrogen) atoms. The minimum Gasteiger partial charge on any atom is -0.444 e. The summed E-state index contributed by atoms with van der Waals surface area (Å²) in [5.41, 5.74) is -0.727. The molecule has 1 unspecified atom stereocenters. The summed E-state index contributed by atoms with van der Waals surface area (Å²) in [4.78, 5) is 47.4. The number of hydrogen-bond donors (Lipinski definition) is 2. The Balaban J connectivity index is 2.16. The number of imidazole rings is 1. The van der Waals surface area contributed by atoms with Gasteiger partial charge in [-0.1, -0.05) is 6.07 Å². The maximum absolute atomic E-state index is 12.4. The smallest absolute Gasteiger partial charge is 0.408 e. The SMILES string of the molecule is Cn1c(C(NC(=O)OC(C)(C)C)c2cccnc2)nc2c1c(=O)[nH]c(=O)n2C. The molecule has 0 aliphatic rings. The van der Waals surface area contributed by atoms with Gasteiger partial charge in [-0.3, -0.25) is 19.3 Å². The Labute approximate surface area is 160 Å². The van der Waals surface area contributed by atoms with Crippen molar-refractivity contribution in [3.05, 3.63) is 56.8 Å². The zero-order chi connectivity index (χ0) is 20.6. The Morgan fingerprint density at radius 1 is 1.25 bits per heavy atom. The van der Waals surface area contributed by atoms with Gasteiger partial charge >= 0.3 is 11.8 Å². The van der Waals surface area contributed by atoms with E-state index in [0.29, 0.717) is 11.4 Å². The van der Waals surface area contributed by atoms with Crippen LogP contribution in [-0.2, 0) is 18.8 Å². The molecule has 1 atom stereocenters. The maximum atomic E-state index is 12.4. The normalized spacial score (nSPS) is 12.8. The van der Waals surface area contributed by atoms with Gasteiger partial charge in [0.2, 0.25) is 0 Å². The number of nitrogens with one attached hydrogen (secondary N) is 2. The van der Waals surface area contributed by atoms with Crippen LogP contribution in [0.1, 0.15) is 38.2 Å². The predicted octanol–water partition coefficient (Wildman–Crippen LogP) is 0.969. The Morgan fingerprint density at radius 2 is 1.96 bits per heavy atom. The molecule has 3 heterocycles. The van der Waals surface area contributed by atoms with Crippen molar-refractivity contribution in [2.24, 2.45) is 14.1 Å². The Hall–Kier alpha value is -3.43. The first-order valence-corrected chi connectivity index (χ1v) is 8.63. The number of ether oxygens (including phenoxy) is 1. The molecule has 0 aliphatic heterocycles. The fourth-order valence-electron chi connectivity index (χ4n) is 2.85. The average Bonchev–Trinajstić information content (AvgIpc) is 2.95. The van der Waals surface area contributed by atoms with E-state index >= 15 is 0 Å². The molecule has 0 saturated carbocycles. The van der Waals surface area contributed by atoms with E-state index in [1.807, 2.05) is 0 Å². The highest BCUT2D eigenvalue weighted by atomic mass is 16.6. The molecule has 1 amide bonds. The number of rotatable bonds is 3. The van der Waals surface area contributed by atoms with E-state index in [1.165, 1.54) is 11.6 Å². The number of nitrogens with zero attached hydrogens (tertiary/aromatic N) is 4. The lowest BCUT2D eigenvalue weighted by molar-refractivity contribution is 0.0510. The summed E-state index contributed by atoms with van der Waals surface area (Å²) in [6, 6.07) is 2.76. The summed E-state index contributed by atoms with van der Waals surface area (Å²) in [7, 11) is 3.16. The summed E-state index contributed by atoms with van der Waals surface area (Å²) in [6.07, 6.45) is 2.55. The van der Waals surface area contributed by atoms with Crippen LogP contribution in [0.15, 0.2) is 34.1 Å². The van der Waals surface area contributed by atoms with Crippen molar-refractivity contribution in [3.8, 4) is 0 Å². The lowest BCUT2D eigenvalue weighted by atomic mass is 10.1. The average molecular weight is 386 g/mol. The van der Waals surface area contributed by atoms with Gasteiger partial charge in [-0.2, -0.15) is 0 Å². The van der Waals surface area contributed by atoms with E-state index in [0.717, 1.165) is 0 Å². The van der Waals surface area contributed by atoms with Gasteiger partial charge in [0.15, 0.2) is 11.2 Å². The van der Waals surface area contributed by atoms with Crippen LogP contribution in [0.25, 0.3) is 11.2 Å². The van der Waals surface area contributed by atoms with Gasteiger partial charge in [-0.25, -0.2) is 14.6 Å². The van der Waals surface area contributed by atoms with E-state index in [-0.39, 0.29) is 11.2 Å². The molecule has 3 rings (SSSR count). The van der Waals surface area contributed by atoms with Crippen LogP contribution in [0.3, 0.4) is 0 Å². The van der Waals surface area contributed by atoms with Crippen molar-refractivity contribution in [2.45, 2.75) is 32.4 Å². The highest BCUT2D eigenvalue weighted by Crippen LogP contribution is 2.23. The molecule has 0 radical (unpaired) electrons. The maximum Gasteiger partial charge on any atom is 0.408 e. The molecule has 2 N–H and O–H groups in total. The van der Waals surface area contributed by atoms with Crippen LogP contribution in [0.2, 0.25) is 0 Å². The third-order valence-corrected chi connectivity index (χ3v) is 4.11. The van der Waals surface area contributed by atoms with Gasteiger partial charge in [-0.05, 0) is 26.8 Å². The molecule has 0 fully saturated rings. The molecule has 0 spiro atoms. The van der Waals surface area contributed by atoms with E-state index in [9.17, 15) is 14.4 Å². The van der Waals surface area contributed by atoms with Gasteiger partial charge in [0, 0.05) is 32.1 Å². The number of carbonyl (C=O) groups excluding carboxylic acids is 1. The van der Waals surface area contributed by atoms with Crippen molar-refractivity contribution < 1.29 is 9.53 Å². The minimum absolute atomic E-state index is 0.214. The van der Waals surface area contributed by atoms with Gasteiger partial charge in [0.1, 0.15) is 17.5 Å². The molecule has 0 saturated heterocycles. The summed E-state index contributed by atoms with van der Waals surface area (Å²) < 4.78 is 8.15. The molecule has 3 aromatic heterocycles. The lowest BCUT2D eigenvalue weighted by Gasteiger charge is -2.23. The predicted molar refractivity (Wildman–Crippen MR) is 102 cm³/mol. The number of aromatic amines is 1.